The summed E-state index contributed by atoms with van der Waals surface area (Å²) in [7, 11) is -1.25. The summed E-state index contributed by atoms with van der Waals surface area (Å²) in [5, 5.41) is 0. The summed E-state index contributed by atoms with van der Waals surface area (Å²) in [4.78, 5) is 0. The molecule has 0 radical (unpaired) electrons. The van der Waals surface area contributed by atoms with Crippen molar-refractivity contribution in [2.45, 2.75) is 18.9 Å². The predicted molar refractivity (Wildman–Crippen MR) is 51.2 cm³/mol. The van der Waals surface area contributed by atoms with Gasteiger partial charge in [-0.2, -0.15) is 0 Å². The van der Waals surface area contributed by atoms with Gasteiger partial charge in [-0.25, -0.2) is 8.42 Å². The molecule has 1 aliphatic rings. The van der Waals surface area contributed by atoms with E-state index in [4.69, 9.17) is 10.5 Å². The summed E-state index contributed by atoms with van der Waals surface area (Å²) in [5.74, 6) is 0.654. The number of nitrogens with two attached hydrogens (primary N) is 1. The van der Waals surface area contributed by atoms with Gasteiger partial charge >= 0.3 is 0 Å². The number of hydrogen-bond donors (Lipinski definition) is 1. The highest BCUT2D eigenvalue weighted by atomic mass is 32.2. The van der Waals surface area contributed by atoms with Gasteiger partial charge in [0.25, 0.3) is 0 Å². The van der Waals surface area contributed by atoms with E-state index in [2.05, 4.69) is 0 Å². The Morgan fingerprint density at radius 1 is 1.62 bits per heavy atom. The molecule has 2 unspecified atom stereocenters. The van der Waals surface area contributed by atoms with Gasteiger partial charge in [0.15, 0.2) is 9.84 Å². The average molecular weight is 207 g/mol. The van der Waals surface area contributed by atoms with E-state index in [1.54, 1.807) is 7.11 Å². The molecule has 0 aliphatic carbocycles. The van der Waals surface area contributed by atoms with Gasteiger partial charge in [0.05, 0.1) is 17.6 Å². The highest BCUT2D eigenvalue weighted by Gasteiger charge is 2.29. The third kappa shape index (κ3) is 2.93. The zero-order valence-corrected chi connectivity index (χ0v) is 8.72. The Morgan fingerprint density at radius 2 is 2.31 bits per heavy atom. The second-order valence-corrected chi connectivity index (χ2v) is 5.76. The van der Waals surface area contributed by atoms with Gasteiger partial charge in [-0.15, -0.1) is 0 Å². The minimum absolute atomic E-state index is 0.0914. The molecule has 13 heavy (non-hydrogen) atoms. The topological polar surface area (TPSA) is 69.4 Å². The van der Waals surface area contributed by atoms with Crippen molar-refractivity contribution < 1.29 is 13.2 Å². The van der Waals surface area contributed by atoms with Crippen molar-refractivity contribution in [3.63, 3.8) is 0 Å². The number of ether oxygens (including phenoxy) is 1. The van der Waals surface area contributed by atoms with Crippen LogP contribution in [0.5, 0.6) is 0 Å². The van der Waals surface area contributed by atoms with E-state index in [-0.39, 0.29) is 17.8 Å². The Bertz CT molecular complexity index is 246. The zero-order valence-electron chi connectivity index (χ0n) is 7.90. The van der Waals surface area contributed by atoms with E-state index in [9.17, 15) is 8.42 Å². The van der Waals surface area contributed by atoms with Crippen molar-refractivity contribution in [1.29, 1.82) is 0 Å². The monoisotopic (exact) mass is 207 g/mol. The molecule has 5 heteroatoms. The van der Waals surface area contributed by atoms with Gasteiger partial charge in [-0.05, 0) is 12.8 Å². The van der Waals surface area contributed by atoms with Crippen LogP contribution in [0, 0.1) is 5.92 Å². The summed E-state index contributed by atoms with van der Waals surface area (Å²) in [6, 6.07) is 0. The van der Waals surface area contributed by atoms with Crippen LogP contribution in [0.1, 0.15) is 12.8 Å². The van der Waals surface area contributed by atoms with Crippen molar-refractivity contribution in [2.75, 3.05) is 25.2 Å². The lowest BCUT2D eigenvalue weighted by Crippen LogP contribution is -2.38. The van der Waals surface area contributed by atoms with Gasteiger partial charge in [0.2, 0.25) is 0 Å². The number of hydrogen-bond acceptors (Lipinski definition) is 4. The van der Waals surface area contributed by atoms with Crippen LogP contribution in [0.15, 0.2) is 0 Å². The van der Waals surface area contributed by atoms with E-state index < -0.39 is 9.84 Å². The smallest absolute Gasteiger partial charge is 0.150 e. The molecule has 1 rings (SSSR count). The molecule has 1 aliphatic heterocycles. The quantitative estimate of drug-likeness (QED) is 0.695. The lowest BCUT2D eigenvalue weighted by Gasteiger charge is -2.27. The summed E-state index contributed by atoms with van der Waals surface area (Å²) in [5.41, 5.74) is 5.48. The van der Waals surface area contributed by atoms with Crippen LogP contribution < -0.4 is 5.73 Å². The van der Waals surface area contributed by atoms with Crippen LogP contribution in [0.3, 0.4) is 0 Å². The first-order valence-corrected chi connectivity index (χ1v) is 6.34. The van der Waals surface area contributed by atoms with Gasteiger partial charge in [-0.1, -0.05) is 0 Å². The fourth-order valence-corrected chi connectivity index (χ4v) is 3.64. The van der Waals surface area contributed by atoms with Crippen LogP contribution in [0.2, 0.25) is 0 Å². The Morgan fingerprint density at radius 3 is 2.77 bits per heavy atom. The molecule has 0 amide bonds. The maximum absolute atomic E-state index is 11.3. The summed E-state index contributed by atoms with van der Waals surface area (Å²) in [6.07, 6.45) is 1.55. The molecule has 0 aromatic rings. The molecular formula is C8H17NO3S. The fraction of sp³-hybridized carbons (Fsp3) is 1.00. The first-order valence-electron chi connectivity index (χ1n) is 4.52. The summed E-state index contributed by atoms with van der Waals surface area (Å²) < 4.78 is 27.7. The van der Waals surface area contributed by atoms with Gasteiger partial charge in [-0.3, -0.25) is 0 Å². The molecule has 0 saturated carbocycles. The highest BCUT2D eigenvalue weighted by molar-refractivity contribution is 7.91. The summed E-state index contributed by atoms with van der Waals surface area (Å²) in [6.45, 7) is 0.399. The first-order chi connectivity index (χ1) is 6.09. The Kier molecular flexibility index (Phi) is 3.70. The third-order valence-corrected chi connectivity index (χ3v) is 4.41. The molecule has 4 nitrogen and oxygen atoms in total. The number of methoxy groups -OCH3 is 1. The standard InChI is InChI=1S/C8H17NO3S/c1-12-8(5-9)7-3-2-4-13(10,11)6-7/h7-8H,2-6,9H2,1H3. The van der Waals surface area contributed by atoms with E-state index >= 15 is 0 Å². The second-order valence-electron chi connectivity index (χ2n) is 3.53. The minimum Gasteiger partial charge on any atom is -0.380 e. The first kappa shape index (κ1) is 10.9. The third-order valence-electron chi connectivity index (χ3n) is 2.56. The zero-order chi connectivity index (χ0) is 9.90. The predicted octanol–water partition coefficient (Wildman–Crippen LogP) is -0.215. The molecule has 78 valence electrons. The molecule has 1 saturated heterocycles. The average Bonchev–Trinajstić information content (AvgIpc) is 2.05. The Labute approximate surface area is 79.4 Å². The lowest BCUT2D eigenvalue weighted by molar-refractivity contribution is 0.0618. The normalized spacial score (nSPS) is 29.8. The lowest BCUT2D eigenvalue weighted by atomic mass is 9.99. The van der Waals surface area contributed by atoms with Crippen LogP contribution in [0.25, 0.3) is 0 Å². The molecule has 1 heterocycles. The highest BCUT2D eigenvalue weighted by Crippen LogP contribution is 2.22. The molecule has 2 N–H and O–H groups in total. The van der Waals surface area contributed by atoms with Gasteiger partial charge in [0, 0.05) is 19.6 Å². The minimum atomic E-state index is -2.83. The molecule has 2 atom stereocenters. The Balaban J connectivity index is 2.60. The molecular weight excluding hydrogens is 190 g/mol. The van der Waals surface area contributed by atoms with Crippen LogP contribution in [0.4, 0.5) is 0 Å². The van der Waals surface area contributed by atoms with E-state index in [0.717, 1.165) is 12.8 Å². The van der Waals surface area contributed by atoms with Gasteiger partial charge in [0.1, 0.15) is 0 Å². The van der Waals surface area contributed by atoms with E-state index in [1.165, 1.54) is 0 Å². The molecule has 0 aromatic carbocycles. The molecule has 1 fully saturated rings. The van der Waals surface area contributed by atoms with Crippen LogP contribution in [-0.2, 0) is 14.6 Å². The molecule has 0 aromatic heterocycles. The Hall–Kier alpha value is -0.130. The fourth-order valence-electron chi connectivity index (χ4n) is 1.83. The van der Waals surface area contributed by atoms with Crippen molar-refractivity contribution in [1.82, 2.24) is 0 Å². The second kappa shape index (κ2) is 4.39. The van der Waals surface area contributed by atoms with Crippen LogP contribution in [-0.4, -0.2) is 39.7 Å². The SMILES string of the molecule is COC(CN)C1CCCS(=O)(=O)C1. The van der Waals surface area contributed by atoms with Crippen molar-refractivity contribution in [3.05, 3.63) is 0 Å². The van der Waals surface area contributed by atoms with Crippen molar-refractivity contribution >= 4 is 9.84 Å². The maximum atomic E-state index is 11.3. The van der Waals surface area contributed by atoms with E-state index in [0.29, 0.717) is 12.3 Å². The molecule has 0 bridgehead atoms. The van der Waals surface area contributed by atoms with Crippen molar-refractivity contribution in [3.8, 4) is 0 Å². The number of rotatable bonds is 3. The van der Waals surface area contributed by atoms with E-state index in [1.807, 2.05) is 0 Å². The largest absolute Gasteiger partial charge is 0.380 e. The summed E-state index contributed by atoms with van der Waals surface area (Å²) >= 11 is 0. The maximum Gasteiger partial charge on any atom is 0.150 e. The van der Waals surface area contributed by atoms with Gasteiger partial charge < -0.3 is 10.5 Å². The molecule has 0 spiro atoms. The van der Waals surface area contributed by atoms with Crippen LogP contribution >= 0.6 is 0 Å². The van der Waals surface area contributed by atoms with Crippen molar-refractivity contribution in [2.24, 2.45) is 11.7 Å². The number of sulfone groups is 1.